The Labute approximate surface area is 117 Å². The number of pyridine rings is 1. The van der Waals surface area contributed by atoms with Crippen molar-refractivity contribution >= 4 is 5.78 Å². The monoisotopic (exact) mass is 273 g/mol. The predicted molar refractivity (Wildman–Crippen MR) is 74.1 cm³/mol. The number of benzene rings is 1. The van der Waals surface area contributed by atoms with Gasteiger partial charge in [-0.2, -0.15) is 0 Å². The zero-order valence-electron chi connectivity index (χ0n) is 11.1. The summed E-state index contributed by atoms with van der Waals surface area (Å²) in [5.41, 5.74) is 1.48. The molecule has 20 heavy (non-hydrogen) atoms. The van der Waals surface area contributed by atoms with Crippen LogP contribution in [-0.2, 0) is 11.2 Å². The van der Waals surface area contributed by atoms with Crippen molar-refractivity contribution in [1.29, 1.82) is 0 Å². The fourth-order valence-electron chi connectivity index (χ4n) is 1.77. The van der Waals surface area contributed by atoms with Crippen LogP contribution in [0.5, 0.6) is 0 Å². The normalized spacial score (nSPS) is 10.4. The summed E-state index contributed by atoms with van der Waals surface area (Å²) in [6.07, 6.45) is 2.77. The van der Waals surface area contributed by atoms with Crippen LogP contribution < -0.4 is 0 Å². The van der Waals surface area contributed by atoms with Crippen LogP contribution in [0.1, 0.15) is 22.5 Å². The number of Topliss-reactive ketones (excluding diaryl/α,β-unsaturated/α-hetero) is 1. The summed E-state index contributed by atoms with van der Waals surface area (Å²) >= 11 is 0. The lowest BCUT2D eigenvalue weighted by molar-refractivity contribution is 0.0882. The molecular formula is C16H16FNO2. The molecule has 3 nitrogen and oxygen atoms in total. The van der Waals surface area contributed by atoms with Gasteiger partial charge < -0.3 is 4.74 Å². The van der Waals surface area contributed by atoms with E-state index in [0.29, 0.717) is 25.2 Å². The smallest absolute Gasteiger partial charge is 0.165 e. The number of nitrogens with zero attached hydrogens (tertiary/aromatic N) is 1. The maximum Gasteiger partial charge on any atom is 0.165 e. The van der Waals surface area contributed by atoms with Gasteiger partial charge in [-0.25, -0.2) is 4.39 Å². The van der Waals surface area contributed by atoms with Crippen LogP contribution in [0, 0.1) is 5.82 Å². The molecule has 0 unspecified atom stereocenters. The third kappa shape index (κ3) is 4.55. The Morgan fingerprint density at radius 3 is 2.60 bits per heavy atom. The van der Waals surface area contributed by atoms with Crippen LogP contribution in [0.25, 0.3) is 0 Å². The van der Waals surface area contributed by atoms with Crippen molar-refractivity contribution in [1.82, 2.24) is 4.98 Å². The van der Waals surface area contributed by atoms with Gasteiger partial charge in [-0.1, -0.05) is 6.07 Å². The minimum atomic E-state index is -0.340. The Morgan fingerprint density at radius 2 is 1.90 bits per heavy atom. The number of hydrogen-bond acceptors (Lipinski definition) is 3. The van der Waals surface area contributed by atoms with Gasteiger partial charge in [-0.3, -0.25) is 9.78 Å². The van der Waals surface area contributed by atoms with E-state index in [2.05, 4.69) is 4.98 Å². The minimum Gasteiger partial charge on any atom is -0.381 e. The third-order valence-electron chi connectivity index (χ3n) is 2.87. The number of ether oxygens (including phenoxy) is 1. The maximum atomic E-state index is 12.7. The quantitative estimate of drug-likeness (QED) is 0.575. The lowest BCUT2D eigenvalue weighted by Crippen LogP contribution is -2.07. The molecule has 0 aliphatic carbocycles. The van der Waals surface area contributed by atoms with E-state index in [4.69, 9.17) is 4.74 Å². The van der Waals surface area contributed by atoms with Gasteiger partial charge >= 0.3 is 0 Å². The number of hydrogen-bond donors (Lipinski definition) is 0. The molecular weight excluding hydrogens is 257 g/mol. The van der Waals surface area contributed by atoms with Crippen molar-refractivity contribution < 1.29 is 13.9 Å². The summed E-state index contributed by atoms with van der Waals surface area (Å²) in [6, 6.07) is 11.3. The highest BCUT2D eigenvalue weighted by Gasteiger charge is 2.05. The molecule has 4 heteroatoms. The molecule has 0 N–H and O–H groups in total. The number of ketones is 1. The molecule has 0 aliphatic heterocycles. The Balaban J connectivity index is 1.66. The average Bonchev–Trinajstić information content (AvgIpc) is 2.48. The van der Waals surface area contributed by atoms with E-state index in [-0.39, 0.29) is 11.6 Å². The molecule has 0 saturated carbocycles. The van der Waals surface area contributed by atoms with Crippen LogP contribution in [0.3, 0.4) is 0 Å². The van der Waals surface area contributed by atoms with E-state index >= 15 is 0 Å². The second-order valence-corrected chi connectivity index (χ2v) is 4.36. The van der Waals surface area contributed by atoms with Crippen molar-refractivity contribution in [2.24, 2.45) is 0 Å². The first-order valence-corrected chi connectivity index (χ1v) is 6.52. The number of rotatable bonds is 7. The first-order valence-electron chi connectivity index (χ1n) is 6.52. The highest BCUT2D eigenvalue weighted by atomic mass is 19.1. The van der Waals surface area contributed by atoms with Crippen LogP contribution >= 0.6 is 0 Å². The standard InChI is InChI=1S/C16H16FNO2/c17-14-6-4-13(5-7-14)16(19)9-12-20-11-8-15-3-1-2-10-18-15/h1-7,10H,8-9,11-12H2. The third-order valence-corrected chi connectivity index (χ3v) is 2.87. The second kappa shape index (κ2) is 7.50. The van der Waals surface area contributed by atoms with E-state index in [1.165, 1.54) is 24.3 Å². The molecule has 1 heterocycles. The molecule has 0 bridgehead atoms. The fourth-order valence-corrected chi connectivity index (χ4v) is 1.77. The maximum absolute atomic E-state index is 12.7. The number of aromatic nitrogens is 1. The van der Waals surface area contributed by atoms with Crippen molar-refractivity contribution in [3.05, 3.63) is 65.7 Å². The zero-order valence-corrected chi connectivity index (χ0v) is 11.1. The van der Waals surface area contributed by atoms with Gasteiger partial charge in [-0.05, 0) is 36.4 Å². The zero-order chi connectivity index (χ0) is 14.2. The number of carbonyl (C=O) groups excluding carboxylic acids is 1. The minimum absolute atomic E-state index is 0.0390. The highest BCUT2D eigenvalue weighted by molar-refractivity contribution is 5.96. The SMILES string of the molecule is O=C(CCOCCc1ccccn1)c1ccc(F)cc1. The summed E-state index contributed by atoms with van der Waals surface area (Å²) in [5.74, 6) is -0.379. The van der Waals surface area contributed by atoms with Crippen molar-refractivity contribution in [2.45, 2.75) is 12.8 Å². The first-order chi connectivity index (χ1) is 9.75. The molecule has 104 valence electrons. The van der Waals surface area contributed by atoms with Gasteiger partial charge in [0.15, 0.2) is 5.78 Å². The Morgan fingerprint density at radius 1 is 1.10 bits per heavy atom. The summed E-state index contributed by atoms with van der Waals surface area (Å²) in [6.45, 7) is 0.900. The van der Waals surface area contributed by atoms with Gasteiger partial charge in [0, 0.05) is 30.3 Å². The Kier molecular flexibility index (Phi) is 5.38. The molecule has 0 atom stereocenters. The van der Waals surface area contributed by atoms with Crippen LogP contribution in [0.15, 0.2) is 48.7 Å². The first kappa shape index (κ1) is 14.3. The number of carbonyl (C=O) groups is 1. The van der Waals surface area contributed by atoms with Gasteiger partial charge in [-0.15, -0.1) is 0 Å². The van der Waals surface area contributed by atoms with Crippen LogP contribution in [0.4, 0.5) is 4.39 Å². The summed E-state index contributed by atoms with van der Waals surface area (Å²) in [4.78, 5) is 16.0. The molecule has 2 aromatic rings. The second-order valence-electron chi connectivity index (χ2n) is 4.36. The Bertz CT molecular complexity index is 540. The van der Waals surface area contributed by atoms with Crippen molar-refractivity contribution in [3.63, 3.8) is 0 Å². The molecule has 0 saturated heterocycles. The fraction of sp³-hybridized carbons (Fsp3) is 0.250. The number of halogens is 1. The molecule has 1 aromatic carbocycles. The lowest BCUT2D eigenvalue weighted by atomic mass is 10.1. The summed E-state index contributed by atoms with van der Waals surface area (Å²) in [7, 11) is 0. The highest BCUT2D eigenvalue weighted by Crippen LogP contribution is 2.06. The molecule has 0 spiro atoms. The van der Waals surface area contributed by atoms with E-state index in [1.54, 1.807) is 6.20 Å². The van der Waals surface area contributed by atoms with Gasteiger partial charge in [0.2, 0.25) is 0 Å². The molecule has 1 aromatic heterocycles. The van der Waals surface area contributed by atoms with Gasteiger partial charge in [0.25, 0.3) is 0 Å². The lowest BCUT2D eigenvalue weighted by Gasteiger charge is -2.04. The van der Waals surface area contributed by atoms with Gasteiger partial charge in [0.05, 0.1) is 13.2 Å². The van der Waals surface area contributed by atoms with Crippen molar-refractivity contribution in [3.8, 4) is 0 Å². The van der Waals surface area contributed by atoms with E-state index in [9.17, 15) is 9.18 Å². The van der Waals surface area contributed by atoms with E-state index in [0.717, 1.165) is 12.1 Å². The molecule has 0 fully saturated rings. The van der Waals surface area contributed by atoms with Gasteiger partial charge in [0.1, 0.15) is 5.82 Å². The molecule has 0 radical (unpaired) electrons. The summed E-state index contributed by atoms with van der Waals surface area (Å²) in [5, 5.41) is 0. The molecule has 0 aliphatic rings. The Hall–Kier alpha value is -2.07. The molecule has 2 rings (SSSR count). The van der Waals surface area contributed by atoms with Crippen LogP contribution in [-0.4, -0.2) is 24.0 Å². The van der Waals surface area contributed by atoms with E-state index in [1.807, 2.05) is 18.2 Å². The predicted octanol–water partition coefficient (Wildman–Crippen LogP) is 3.05. The van der Waals surface area contributed by atoms with E-state index < -0.39 is 0 Å². The molecule has 0 amide bonds. The largest absolute Gasteiger partial charge is 0.381 e. The topological polar surface area (TPSA) is 39.2 Å². The summed E-state index contributed by atoms with van der Waals surface area (Å²) < 4.78 is 18.1. The van der Waals surface area contributed by atoms with Crippen molar-refractivity contribution in [2.75, 3.05) is 13.2 Å². The van der Waals surface area contributed by atoms with Crippen LogP contribution in [0.2, 0.25) is 0 Å². The average molecular weight is 273 g/mol.